The lowest BCUT2D eigenvalue weighted by Gasteiger charge is -2.19. The molecule has 0 bridgehead atoms. The Morgan fingerprint density at radius 1 is 1.72 bits per heavy atom. The van der Waals surface area contributed by atoms with Crippen molar-refractivity contribution in [2.45, 2.75) is 43.5 Å². The molecule has 0 aliphatic carbocycles. The zero-order chi connectivity index (χ0) is 13.2. The van der Waals surface area contributed by atoms with E-state index in [1.54, 1.807) is 6.92 Å². The van der Waals surface area contributed by atoms with Crippen LogP contribution >= 0.6 is 0 Å². The van der Waals surface area contributed by atoms with Gasteiger partial charge in [-0.05, 0) is 19.8 Å². The van der Waals surface area contributed by atoms with Gasteiger partial charge in [0, 0.05) is 18.2 Å². The van der Waals surface area contributed by atoms with Gasteiger partial charge < -0.3 is 9.84 Å². The number of rotatable bonds is 5. The number of sulfonamides is 1. The predicted molar refractivity (Wildman–Crippen MR) is 63.3 cm³/mol. The smallest absolute Gasteiger partial charge is 0.258 e. The highest BCUT2D eigenvalue weighted by Gasteiger charge is 2.28. The fraction of sp³-hybridized carbons (Fsp3) is 0.700. The maximum atomic E-state index is 12.1. The van der Waals surface area contributed by atoms with Crippen LogP contribution in [0.4, 0.5) is 0 Å². The Balaban J connectivity index is 2.11. The average Bonchev–Trinajstić information content (AvgIpc) is 2.99. The molecule has 8 heteroatoms. The summed E-state index contributed by atoms with van der Waals surface area (Å²) in [5.74, 6) is 0. The van der Waals surface area contributed by atoms with Gasteiger partial charge in [-0.1, -0.05) is 0 Å². The van der Waals surface area contributed by atoms with E-state index in [0.717, 1.165) is 12.8 Å². The molecule has 0 radical (unpaired) electrons. The highest BCUT2D eigenvalue weighted by molar-refractivity contribution is 7.89. The maximum absolute atomic E-state index is 12.1. The summed E-state index contributed by atoms with van der Waals surface area (Å²) >= 11 is 0. The lowest BCUT2D eigenvalue weighted by molar-refractivity contribution is 0.0902. The number of nitrogens with one attached hydrogen (secondary N) is 2. The van der Waals surface area contributed by atoms with Gasteiger partial charge in [-0.3, -0.25) is 5.10 Å². The molecule has 7 nitrogen and oxygen atoms in total. The summed E-state index contributed by atoms with van der Waals surface area (Å²) in [6.45, 7) is 2.06. The van der Waals surface area contributed by atoms with Crippen LogP contribution in [0.15, 0.2) is 11.2 Å². The van der Waals surface area contributed by atoms with Gasteiger partial charge in [0.15, 0.2) is 5.03 Å². The Labute approximate surface area is 106 Å². The molecule has 0 saturated carbocycles. The Morgan fingerprint density at radius 2 is 2.50 bits per heavy atom. The molecule has 1 aliphatic rings. The molecule has 2 unspecified atom stereocenters. The summed E-state index contributed by atoms with van der Waals surface area (Å²) in [6, 6.07) is -0.313. The van der Waals surface area contributed by atoms with Gasteiger partial charge in [-0.2, -0.15) is 5.10 Å². The van der Waals surface area contributed by atoms with E-state index in [2.05, 4.69) is 14.9 Å². The second-order valence-corrected chi connectivity index (χ2v) is 5.99. The maximum Gasteiger partial charge on any atom is 0.258 e. The van der Waals surface area contributed by atoms with Crippen molar-refractivity contribution in [3.05, 3.63) is 11.8 Å². The van der Waals surface area contributed by atoms with Crippen molar-refractivity contribution in [1.29, 1.82) is 0 Å². The minimum Gasteiger partial charge on any atom is -0.392 e. The molecular formula is C10H17N3O4S. The Kier molecular flexibility index (Phi) is 4.00. The van der Waals surface area contributed by atoms with E-state index in [-0.39, 0.29) is 29.3 Å². The van der Waals surface area contributed by atoms with E-state index in [9.17, 15) is 8.42 Å². The molecule has 1 aliphatic heterocycles. The summed E-state index contributed by atoms with van der Waals surface area (Å²) < 4.78 is 32.2. The van der Waals surface area contributed by atoms with E-state index in [1.165, 1.54) is 6.20 Å². The van der Waals surface area contributed by atoms with Crippen LogP contribution in [0.3, 0.4) is 0 Å². The first-order valence-electron chi connectivity index (χ1n) is 5.81. The number of nitrogens with zero attached hydrogens (tertiary/aromatic N) is 1. The molecule has 0 spiro atoms. The van der Waals surface area contributed by atoms with E-state index in [4.69, 9.17) is 9.84 Å². The van der Waals surface area contributed by atoms with Gasteiger partial charge in [-0.15, -0.1) is 0 Å². The molecule has 1 saturated heterocycles. The van der Waals surface area contributed by atoms with Crippen LogP contribution < -0.4 is 4.72 Å². The lowest BCUT2D eigenvalue weighted by atomic mass is 10.1. The molecule has 102 valence electrons. The third-order valence-corrected chi connectivity index (χ3v) is 4.55. The van der Waals surface area contributed by atoms with E-state index >= 15 is 0 Å². The number of H-pyrrole nitrogens is 1. The number of ether oxygens (including phenoxy) is 1. The second-order valence-electron chi connectivity index (χ2n) is 4.34. The highest BCUT2D eigenvalue weighted by Crippen LogP contribution is 2.18. The van der Waals surface area contributed by atoms with Crippen LogP contribution in [0.5, 0.6) is 0 Å². The molecule has 2 heterocycles. The van der Waals surface area contributed by atoms with Gasteiger partial charge in [-0.25, -0.2) is 13.1 Å². The standard InChI is InChI=1S/C10H17N3O4S/c1-7(9-3-2-4-17-9)13-18(15,16)10-8(6-14)5-11-12-10/h5,7,9,13-14H,2-4,6H2,1H3,(H,11,12). The third kappa shape index (κ3) is 2.72. The van der Waals surface area contributed by atoms with Gasteiger partial charge in [0.05, 0.1) is 18.9 Å². The van der Waals surface area contributed by atoms with Crippen LogP contribution in [0.1, 0.15) is 25.3 Å². The van der Waals surface area contributed by atoms with Crippen molar-refractivity contribution in [3.8, 4) is 0 Å². The third-order valence-electron chi connectivity index (χ3n) is 2.98. The summed E-state index contributed by atoms with van der Waals surface area (Å²) in [5.41, 5.74) is 0.252. The average molecular weight is 275 g/mol. The monoisotopic (exact) mass is 275 g/mol. The molecule has 2 rings (SSSR count). The van der Waals surface area contributed by atoms with E-state index < -0.39 is 10.0 Å². The molecule has 18 heavy (non-hydrogen) atoms. The van der Waals surface area contributed by atoms with E-state index in [1.807, 2.05) is 0 Å². The predicted octanol–water partition coefficient (Wildman–Crippen LogP) is -0.252. The van der Waals surface area contributed by atoms with Crippen molar-refractivity contribution in [1.82, 2.24) is 14.9 Å². The molecule has 3 N–H and O–H groups in total. The summed E-state index contributed by atoms with van der Waals surface area (Å²) in [4.78, 5) is 0. The number of aromatic amines is 1. The van der Waals surface area contributed by atoms with E-state index in [0.29, 0.717) is 6.61 Å². The SMILES string of the molecule is CC(NS(=O)(=O)c1[nH]ncc1CO)C1CCCO1. The zero-order valence-electron chi connectivity index (χ0n) is 10.1. The largest absolute Gasteiger partial charge is 0.392 e. The van der Waals surface area contributed by atoms with Crippen molar-refractivity contribution < 1.29 is 18.3 Å². The summed E-state index contributed by atoms with van der Waals surface area (Å²) in [5, 5.41) is 15.0. The fourth-order valence-corrected chi connectivity index (χ4v) is 3.42. The van der Waals surface area contributed by atoms with Crippen LogP contribution in [0, 0.1) is 0 Å². The fourth-order valence-electron chi connectivity index (χ4n) is 2.02. The van der Waals surface area contributed by atoms with Gasteiger partial charge in [0.1, 0.15) is 0 Å². The van der Waals surface area contributed by atoms with Gasteiger partial charge in [0.2, 0.25) is 0 Å². The quantitative estimate of drug-likeness (QED) is 0.687. The minimum absolute atomic E-state index is 0.0881. The van der Waals surface area contributed by atoms with Crippen LogP contribution in [0.2, 0.25) is 0 Å². The Hall–Kier alpha value is -0.960. The molecule has 1 fully saturated rings. The number of hydrogen-bond acceptors (Lipinski definition) is 5. The molecular weight excluding hydrogens is 258 g/mol. The van der Waals surface area contributed by atoms with Gasteiger partial charge in [0.25, 0.3) is 10.0 Å². The molecule has 2 atom stereocenters. The van der Waals surface area contributed by atoms with Crippen molar-refractivity contribution in [2.75, 3.05) is 6.61 Å². The van der Waals surface area contributed by atoms with Crippen molar-refractivity contribution in [2.24, 2.45) is 0 Å². The number of aliphatic hydroxyl groups excluding tert-OH is 1. The van der Waals surface area contributed by atoms with Crippen LogP contribution in [0.25, 0.3) is 0 Å². The van der Waals surface area contributed by atoms with Crippen molar-refractivity contribution >= 4 is 10.0 Å². The number of hydrogen-bond donors (Lipinski definition) is 3. The Bertz CT molecular complexity index is 493. The summed E-state index contributed by atoms with van der Waals surface area (Å²) in [6.07, 6.45) is 2.99. The topological polar surface area (TPSA) is 104 Å². The van der Waals surface area contributed by atoms with Crippen LogP contribution in [-0.4, -0.2) is 42.5 Å². The zero-order valence-corrected chi connectivity index (χ0v) is 10.9. The number of aromatic nitrogens is 2. The first-order chi connectivity index (χ1) is 8.54. The molecule has 0 amide bonds. The van der Waals surface area contributed by atoms with Crippen LogP contribution in [-0.2, 0) is 21.4 Å². The summed E-state index contributed by atoms with van der Waals surface area (Å²) in [7, 11) is -3.70. The second kappa shape index (κ2) is 5.35. The first kappa shape index (κ1) is 13.5. The lowest BCUT2D eigenvalue weighted by Crippen LogP contribution is -2.41. The molecule has 1 aromatic heterocycles. The normalized spacial score (nSPS) is 22.2. The first-order valence-corrected chi connectivity index (χ1v) is 7.30. The highest BCUT2D eigenvalue weighted by atomic mass is 32.2. The minimum atomic E-state index is -3.70. The van der Waals surface area contributed by atoms with Crippen molar-refractivity contribution in [3.63, 3.8) is 0 Å². The molecule has 1 aromatic rings. The van der Waals surface area contributed by atoms with Gasteiger partial charge >= 0.3 is 0 Å². The molecule has 0 aromatic carbocycles. The Morgan fingerprint density at radius 3 is 3.11 bits per heavy atom. The number of aliphatic hydroxyl groups is 1.